The van der Waals surface area contributed by atoms with Crippen LogP contribution in [0.4, 0.5) is 11.4 Å². The number of amides is 1. The van der Waals surface area contributed by atoms with Gasteiger partial charge >= 0.3 is 0 Å². The molecule has 0 fully saturated rings. The van der Waals surface area contributed by atoms with Gasteiger partial charge in [-0.15, -0.1) is 0 Å². The second-order valence-electron chi connectivity index (χ2n) is 5.84. The molecule has 0 aliphatic rings. The van der Waals surface area contributed by atoms with Crippen LogP contribution in [0.25, 0.3) is 10.8 Å². The monoisotopic (exact) mass is 372 g/mol. The number of phenolic OH excluding ortho intramolecular Hbond substituents is 1. The summed E-state index contributed by atoms with van der Waals surface area (Å²) in [6.45, 7) is 1.82. The van der Waals surface area contributed by atoms with Crippen LogP contribution in [0.2, 0.25) is 0 Å². The number of hydrogen-bond donors (Lipinski definition) is 4. The average Bonchev–Trinajstić information content (AvgIpc) is 2.56. The Morgan fingerprint density at radius 1 is 1.04 bits per heavy atom. The van der Waals surface area contributed by atoms with Gasteiger partial charge < -0.3 is 16.2 Å². The number of anilines is 2. The standard InChI is InChI=1S/C18H16N2O5S/c1-10-2-3-11(8-15(10)19)18(22)20-16-6-7-17(26(23,24)25)13-5-4-12(21)9-14(13)16/h2-9,21H,19H2,1H3,(H,20,22)(H,23,24,25). The summed E-state index contributed by atoms with van der Waals surface area (Å²) >= 11 is 0. The highest BCUT2D eigenvalue weighted by molar-refractivity contribution is 7.86. The lowest BCUT2D eigenvalue weighted by atomic mass is 10.1. The molecule has 3 aromatic carbocycles. The van der Waals surface area contributed by atoms with Crippen molar-refractivity contribution < 1.29 is 22.9 Å². The van der Waals surface area contributed by atoms with E-state index in [2.05, 4.69) is 5.32 Å². The SMILES string of the molecule is Cc1ccc(C(=O)Nc2ccc(S(=O)(=O)O)c3ccc(O)cc23)cc1N. The molecule has 0 saturated heterocycles. The Balaban J connectivity index is 2.09. The topological polar surface area (TPSA) is 130 Å². The highest BCUT2D eigenvalue weighted by Crippen LogP contribution is 2.32. The maximum absolute atomic E-state index is 12.5. The second kappa shape index (κ2) is 6.32. The van der Waals surface area contributed by atoms with Gasteiger partial charge in [-0.3, -0.25) is 9.35 Å². The number of carbonyl (C=O) groups excluding carboxylic acids is 1. The zero-order chi connectivity index (χ0) is 19.1. The average molecular weight is 372 g/mol. The van der Waals surface area contributed by atoms with E-state index in [1.54, 1.807) is 12.1 Å². The number of nitrogens with one attached hydrogen (secondary N) is 1. The number of nitrogens with two attached hydrogens (primary N) is 1. The van der Waals surface area contributed by atoms with Gasteiger partial charge in [0.2, 0.25) is 0 Å². The van der Waals surface area contributed by atoms with Crippen molar-refractivity contribution in [3.05, 3.63) is 59.7 Å². The van der Waals surface area contributed by atoms with E-state index in [1.165, 1.54) is 36.4 Å². The molecule has 5 N–H and O–H groups in total. The van der Waals surface area contributed by atoms with Crippen molar-refractivity contribution in [2.75, 3.05) is 11.1 Å². The second-order valence-corrected chi connectivity index (χ2v) is 7.23. The van der Waals surface area contributed by atoms with Crippen molar-refractivity contribution in [1.82, 2.24) is 0 Å². The molecular formula is C18H16N2O5S. The first-order valence-electron chi connectivity index (χ1n) is 7.57. The molecule has 3 rings (SSSR count). The first kappa shape index (κ1) is 17.7. The summed E-state index contributed by atoms with van der Waals surface area (Å²) in [6.07, 6.45) is 0. The minimum atomic E-state index is -4.46. The molecule has 3 aromatic rings. The van der Waals surface area contributed by atoms with E-state index in [-0.39, 0.29) is 27.1 Å². The summed E-state index contributed by atoms with van der Waals surface area (Å²) in [7, 11) is -4.46. The molecule has 8 heteroatoms. The van der Waals surface area contributed by atoms with Crippen molar-refractivity contribution >= 4 is 38.2 Å². The van der Waals surface area contributed by atoms with Gasteiger partial charge in [0.25, 0.3) is 16.0 Å². The zero-order valence-corrected chi connectivity index (χ0v) is 14.5. The molecule has 0 saturated carbocycles. The van der Waals surface area contributed by atoms with Crippen LogP contribution in [0, 0.1) is 6.92 Å². The lowest BCUT2D eigenvalue weighted by Gasteiger charge is -2.12. The van der Waals surface area contributed by atoms with Gasteiger partial charge in [0.15, 0.2) is 0 Å². The lowest BCUT2D eigenvalue weighted by Crippen LogP contribution is -2.13. The molecule has 0 atom stereocenters. The van der Waals surface area contributed by atoms with Crippen LogP contribution < -0.4 is 11.1 Å². The van der Waals surface area contributed by atoms with Gasteiger partial charge in [0.1, 0.15) is 10.6 Å². The minimum Gasteiger partial charge on any atom is -0.508 e. The Morgan fingerprint density at radius 2 is 1.77 bits per heavy atom. The zero-order valence-electron chi connectivity index (χ0n) is 13.7. The maximum atomic E-state index is 12.5. The number of nitrogen functional groups attached to an aromatic ring is 1. The van der Waals surface area contributed by atoms with E-state index < -0.39 is 16.0 Å². The summed E-state index contributed by atoms with van der Waals surface area (Å²) in [5.74, 6) is -0.555. The molecular weight excluding hydrogens is 356 g/mol. The fourth-order valence-corrected chi connectivity index (χ4v) is 3.31. The Hall–Kier alpha value is -3.10. The minimum absolute atomic E-state index is 0.111. The highest BCUT2D eigenvalue weighted by Gasteiger charge is 2.17. The van der Waals surface area contributed by atoms with Gasteiger partial charge in [0.05, 0.1) is 0 Å². The number of phenols is 1. The normalized spacial score (nSPS) is 11.5. The predicted octanol–water partition coefficient (Wildman–Crippen LogP) is 2.94. The molecule has 0 heterocycles. The fourth-order valence-electron chi connectivity index (χ4n) is 2.62. The van der Waals surface area contributed by atoms with E-state index in [9.17, 15) is 22.9 Å². The molecule has 0 unspecified atom stereocenters. The lowest BCUT2D eigenvalue weighted by molar-refractivity contribution is 0.102. The smallest absolute Gasteiger partial charge is 0.295 e. The van der Waals surface area contributed by atoms with Crippen LogP contribution in [0.5, 0.6) is 5.75 Å². The van der Waals surface area contributed by atoms with Crippen molar-refractivity contribution in [3.63, 3.8) is 0 Å². The molecule has 7 nitrogen and oxygen atoms in total. The predicted molar refractivity (Wildman–Crippen MR) is 99.0 cm³/mol. The molecule has 0 radical (unpaired) electrons. The van der Waals surface area contributed by atoms with Crippen LogP contribution in [-0.4, -0.2) is 24.0 Å². The largest absolute Gasteiger partial charge is 0.508 e. The van der Waals surface area contributed by atoms with E-state index in [4.69, 9.17) is 5.73 Å². The van der Waals surface area contributed by atoms with Crippen molar-refractivity contribution in [2.24, 2.45) is 0 Å². The fraction of sp³-hybridized carbons (Fsp3) is 0.0556. The summed E-state index contributed by atoms with van der Waals surface area (Å²) in [5.41, 5.74) is 7.76. The summed E-state index contributed by atoms with van der Waals surface area (Å²) in [6, 6.07) is 11.4. The number of rotatable bonds is 3. The Morgan fingerprint density at radius 3 is 2.42 bits per heavy atom. The molecule has 0 spiro atoms. The van der Waals surface area contributed by atoms with E-state index in [0.29, 0.717) is 11.3 Å². The Labute approximate surface area is 149 Å². The van der Waals surface area contributed by atoms with Crippen LogP contribution in [-0.2, 0) is 10.1 Å². The summed E-state index contributed by atoms with van der Waals surface area (Å²) < 4.78 is 32.5. The summed E-state index contributed by atoms with van der Waals surface area (Å²) in [4.78, 5) is 12.2. The Kier molecular flexibility index (Phi) is 4.31. The molecule has 0 aliphatic heterocycles. The number of benzene rings is 3. The van der Waals surface area contributed by atoms with E-state index in [0.717, 1.165) is 5.56 Å². The maximum Gasteiger partial charge on any atom is 0.295 e. The number of carbonyl (C=O) groups is 1. The summed E-state index contributed by atoms with van der Waals surface area (Å²) in [5, 5.41) is 12.8. The van der Waals surface area contributed by atoms with Crippen LogP contribution >= 0.6 is 0 Å². The molecule has 26 heavy (non-hydrogen) atoms. The molecule has 0 aliphatic carbocycles. The van der Waals surface area contributed by atoms with Crippen LogP contribution in [0.15, 0.2) is 53.4 Å². The first-order chi connectivity index (χ1) is 12.2. The number of aromatic hydroxyl groups is 1. The number of hydrogen-bond acceptors (Lipinski definition) is 5. The molecule has 0 bridgehead atoms. The number of fused-ring (bicyclic) bond motifs is 1. The van der Waals surface area contributed by atoms with E-state index >= 15 is 0 Å². The van der Waals surface area contributed by atoms with Gasteiger partial charge in [0, 0.05) is 27.7 Å². The first-order valence-corrected chi connectivity index (χ1v) is 9.01. The Bertz CT molecular complexity index is 1140. The van der Waals surface area contributed by atoms with Crippen LogP contribution in [0.3, 0.4) is 0 Å². The van der Waals surface area contributed by atoms with Gasteiger partial charge in [-0.05, 0) is 55.0 Å². The van der Waals surface area contributed by atoms with Gasteiger partial charge in [-0.2, -0.15) is 8.42 Å². The molecule has 0 aromatic heterocycles. The van der Waals surface area contributed by atoms with Crippen molar-refractivity contribution in [1.29, 1.82) is 0 Å². The third kappa shape index (κ3) is 3.32. The van der Waals surface area contributed by atoms with Crippen LogP contribution in [0.1, 0.15) is 15.9 Å². The molecule has 134 valence electrons. The van der Waals surface area contributed by atoms with Crippen molar-refractivity contribution in [3.8, 4) is 5.75 Å². The number of aryl methyl sites for hydroxylation is 1. The molecule has 1 amide bonds. The third-order valence-electron chi connectivity index (χ3n) is 4.03. The van der Waals surface area contributed by atoms with Gasteiger partial charge in [-0.25, -0.2) is 0 Å². The quantitative estimate of drug-likeness (QED) is 0.413. The highest BCUT2D eigenvalue weighted by atomic mass is 32.2. The van der Waals surface area contributed by atoms with Crippen molar-refractivity contribution in [2.45, 2.75) is 11.8 Å². The van der Waals surface area contributed by atoms with Gasteiger partial charge in [-0.1, -0.05) is 6.07 Å². The van der Waals surface area contributed by atoms with E-state index in [1.807, 2.05) is 6.92 Å². The third-order valence-corrected chi connectivity index (χ3v) is 4.94.